The Balaban J connectivity index is 1.44. The van der Waals surface area contributed by atoms with E-state index < -0.39 is 0 Å². The van der Waals surface area contributed by atoms with Crippen molar-refractivity contribution in [2.45, 2.75) is 18.5 Å². The van der Waals surface area contributed by atoms with Crippen LogP contribution in [-0.4, -0.2) is 17.3 Å². The van der Waals surface area contributed by atoms with Crippen LogP contribution in [0.1, 0.15) is 10.4 Å². The van der Waals surface area contributed by atoms with Crippen LogP contribution in [-0.2, 0) is 6.54 Å². The van der Waals surface area contributed by atoms with Crippen LogP contribution >= 0.6 is 23.1 Å². The Bertz CT molecular complexity index is 651. The van der Waals surface area contributed by atoms with E-state index in [9.17, 15) is 0 Å². The van der Waals surface area contributed by atoms with Gasteiger partial charge in [-0.15, -0.1) is 23.1 Å². The molecule has 0 unspecified atom stereocenters. The Hall–Kier alpha value is -1.23. The molecule has 104 valence electrons. The highest BCUT2D eigenvalue weighted by atomic mass is 32.2. The fourth-order valence-corrected chi connectivity index (χ4v) is 3.88. The molecule has 0 spiro atoms. The monoisotopic (exact) mass is 302 g/mol. The molecule has 3 rings (SSSR count). The molecule has 0 bridgehead atoms. The van der Waals surface area contributed by atoms with Gasteiger partial charge in [-0.3, -0.25) is 0 Å². The smallest absolute Gasteiger partial charge is 0.0732 e. The highest BCUT2D eigenvalue weighted by Gasteiger charge is 2.01. The Morgan fingerprint density at radius 3 is 2.95 bits per heavy atom. The Morgan fingerprint density at radius 1 is 1.25 bits per heavy atom. The van der Waals surface area contributed by atoms with Crippen molar-refractivity contribution in [2.24, 2.45) is 0 Å². The SMILES string of the molecule is Cc1ccsc1CNCCSc1cc2ccccc2[nH]1. The van der Waals surface area contributed by atoms with Gasteiger partial charge in [-0.2, -0.15) is 0 Å². The lowest BCUT2D eigenvalue weighted by molar-refractivity contribution is 0.738. The molecule has 2 N–H and O–H groups in total. The third-order valence-electron chi connectivity index (χ3n) is 3.30. The fraction of sp³-hybridized carbons (Fsp3) is 0.250. The molecular weight excluding hydrogens is 284 g/mol. The number of aromatic nitrogens is 1. The van der Waals surface area contributed by atoms with Crippen molar-refractivity contribution in [3.63, 3.8) is 0 Å². The van der Waals surface area contributed by atoms with Gasteiger partial charge in [0.05, 0.1) is 5.03 Å². The van der Waals surface area contributed by atoms with Gasteiger partial charge in [-0.25, -0.2) is 0 Å². The summed E-state index contributed by atoms with van der Waals surface area (Å²) >= 11 is 3.70. The third kappa shape index (κ3) is 3.26. The average molecular weight is 302 g/mol. The van der Waals surface area contributed by atoms with Crippen molar-refractivity contribution in [2.75, 3.05) is 12.3 Å². The summed E-state index contributed by atoms with van der Waals surface area (Å²) in [5, 5.41) is 8.21. The van der Waals surface area contributed by atoms with Gasteiger partial charge < -0.3 is 10.3 Å². The fourth-order valence-electron chi connectivity index (χ4n) is 2.14. The van der Waals surface area contributed by atoms with Crippen LogP contribution < -0.4 is 5.32 Å². The van der Waals surface area contributed by atoms with E-state index in [2.05, 4.69) is 59.0 Å². The van der Waals surface area contributed by atoms with E-state index in [1.807, 2.05) is 23.1 Å². The van der Waals surface area contributed by atoms with Gasteiger partial charge in [0, 0.05) is 34.6 Å². The molecule has 0 aliphatic heterocycles. The Labute approximate surface area is 127 Å². The summed E-state index contributed by atoms with van der Waals surface area (Å²) in [5.74, 6) is 1.08. The molecule has 0 fully saturated rings. The first-order chi connectivity index (χ1) is 9.83. The van der Waals surface area contributed by atoms with Crippen molar-refractivity contribution in [1.29, 1.82) is 0 Å². The predicted molar refractivity (Wildman–Crippen MR) is 89.8 cm³/mol. The molecular formula is C16H18N2S2. The second kappa shape index (κ2) is 6.48. The summed E-state index contributed by atoms with van der Waals surface area (Å²) in [6.45, 7) is 4.18. The van der Waals surface area contributed by atoms with Crippen LogP contribution in [0, 0.1) is 6.92 Å². The number of hydrogen-bond acceptors (Lipinski definition) is 3. The first-order valence-electron chi connectivity index (χ1n) is 6.77. The number of rotatable bonds is 6. The van der Waals surface area contributed by atoms with Crippen molar-refractivity contribution in [3.8, 4) is 0 Å². The van der Waals surface area contributed by atoms with E-state index >= 15 is 0 Å². The zero-order valence-corrected chi connectivity index (χ0v) is 13.1. The molecule has 1 aromatic carbocycles. The van der Waals surface area contributed by atoms with E-state index in [0.717, 1.165) is 18.8 Å². The van der Waals surface area contributed by atoms with Crippen LogP contribution in [0.4, 0.5) is 0 Å². The van der Waals surface area contributed by atoms with Gasteiger partial charge in [-0.05, 0) is 36.1 Å². The van der Waals surface area contributed by atoms with Crippen molar-refractivity contribution < 1.29 is 0 Å². The molecule has 0 aliphatic carbocycles. The number of aromatic amines is 1. The summed E-state index contributed by atoms with van der Waals surface area (Å²) in [6, 6.07) is 12.8. The Morgan fingerprint density at radius 2 is 2.15 bits per heavy atom. The van der Waals surface area contributed by atoms with Gasteiger partial charge >= 0.3 is 0 Å². The molecule has 0 radical (unpaired) electrons. The average Bonchev–Trinajstić information content (AvgIpc) is 3.04. The standard InChI is InChI=1S/C16H18N2S2/c1-12-6-8-19-15(12)11-17-7-9-20-16-10-13-4-2-3-5-14(13)18-16/h2-6,8,10,17-18H,7,9,11H2,1H3. The number of fused-ring (bicyclic) bond motifs is 1. The molecule has 2 heterocycles. The minimum atomic E-state index is 0.983. The third-order valence-corrected chi connectivity index (χ3v) is 5.26. The van der Waals surface area contributed by atoms with E-state index in [1.54, 1.807) is 0 Å². The Kier molecular flexibility index (Phi) is 4.45. The first-order valence-corrected chi connectivity index (χ1v) is 8.64. The van der Waals surface area contributed by atoms with Crippen molar-refractivity contribution >= 4 is 34.0 Å². The molecule has 0 amide bonds. The molecule has 20 heavy (non-hydrogen) atoms. The molecule has 0 atom stereocenters. The highest BCUT2D eigenvalue weighted by Crippen LogP contribution is 2.22. The maximum Gasteiger partial charge on any atom is 0.0732 e. The van der Waals surface area contributed by atoms with Crippen LogP contribution in [0.3, 0.4) is 0 Å². The minimum absolute atomic E-state index is 0.983. The van der Waals surface area contributed by atoms with E-state index in [1.165, 1.54) is 26.4 Å². The second-order valence-corrected chi connectivity index (χ2v) is 6.91. The molecule has 2 aromatic heterocycles. The molecule has 3 aromatic rings. The minimum Gasteiger partial charge on any atom is -0.350 e. The number of aryl methyl sites for hydroxylation is 1. The molecule has 2 nitrogen and oxygen atoms in total. The number of benzene rings is 1. The summed E-state index contributed by atoms with van der Waals surface area (Å²) in [7, 11) is 0. The number of hydrogen-bond donors (Lipinski definition) is 2. The lowest BCUT2D eigenvalue weighted by Crippen LogP contribution is -2.16. The topological polar surface area (TPSA) is 27.8 Å². The lowest BCUT2D eigenvalue weighted by Gasteiger charge is -2.03. The molecule has 4 heteroatoms. The maximum atomic E-state index is 3.51. The quantitative estimate of drug-likeness (QED) is 0.521. The van der Waals surface area contributed by atoms with Crippen molar-refractivity contribution in [1.82, 2.24) is 10.3 Å². The number of H-pyrrole nitrogens is 1. The summed E-state index contributed by atoms with van der Waals surface area (Å²) < 4.78 is 0. The van der Waals surface area contributed by atoms with Gasteiger partial charge in [0.25, 0.3) is 0 Å². The highest BCUT2D eigenvalue weighted by molar-refractivity contribution is 7.99. The van der Waals surface area contributed by atoms with Gasteiger partial charge in [0.15, 0.2) is 0 Å². The number of para-hydroxylation sites is 1. The number of nitrogens with one attached hydrogen (secondary N) is 2. The second-order valence-electron chi connectivity index (χ2n) is 4.77. The predicted octanol–water partition coefficient (Wildman–Crippen LogP) is 4.42. The lowest BCUT2D eigenvalue weighted by atomic mass is 10.3. The summed E-state index contributed by atoms with van der Waals surface area (Å²) in [5.41, 5.74) is 2.61. The number of thiophene rings is 1. The van der Waals surface area contributed by atoms with Crippen LogP contribution in [0.25, 0.3) is 10.9 Å². The molecule has 0 saturated carbocycles. The largest absolute Gasteiger partial charge is 0.350 e. The molecule has 0 saturated heterocycles. The van der Waals surface area contributed by atoms with Crippen LogP contribution in [0.15, 0.2) is 46.8 Å². The zero-order valence-electron chi connectivity index (χ0n) is 11.5. The summed E-state index contributed by atoms with van der Waals surface area (Å²) in [4.78, 5) is 4.89. The van der Waals surface area contributed by atoms with E-state index in [4.69, 9.17) is 0 Å². The van der Waals surface area contributed by atoms with Crippen LogP contribution in [0.2, 0.25) is 0 Å². The summed E-state index contributed by atoms with van der Waals surface area (Å²) in [6.07, 6.45) is 0. The van der Waals surface area contributed by atoms with E-state index in [0.29, 0.717) is 0 Å². The van der Waals surface area contributed by atoms with E-state index in [-0.39, 0.29) is 0 Å². The van der Waals surface area contributed by atoms with Gasteiger partial charge in [0.2, 0.25) is 0 Å². The van der Waals surface area contributed by atoms with Crippen LogP contribution in [0.5, 0.6) is 0 Å². The number of thioether (sulfide) groups is 1. The van der Waals surface area contributed by atoms with Gasteiger partial charge in [0.1, 0.15) is 0 Å². The zero-order chi connectivity index (χ0) is 13.8. The first kappa shape index (κ1) is 13.7. The maximum absolute atomic E-state index is 3.51. The molecule has 0 aliphatic rings. The van der Waals surface area contributed by atoms with Gasteiger partial charge in [-0.1, -0.05) is 18.2 Å². The normalized spacial score (nSPS) is 11.2. The van der Waals surface area contributed by atoms with Crippen molar-refractivity contribution in [3.05, 3.63) is 52.2 Å².